The fourth-order valence-corrected chi connectivity index (χ4v) is 4.96. The van der Waals surface area contributed by atoms with Crippen LogP contribution in [-0.2, 0) is 0 Å². The molecule has 24 heavy (non-hydrogen) atoms. The summed E-state index contributed by atoms with van der Waals surface area (Å²) < 4.78 is 26.9. The van der Waals surface area contributed by atoms with Crippen LogP contribution in [0.15, 0.2) is 30.4 Å². The first-order chi connectivity index (χ1) is 11.7. The largest absolute Gasteiger partial charge is 0.207 e. The molecule has 132 valence electrons. The van der Waals surface area contributed by atoms with E-state index in [1.807, 2.05) is 0 Å². The number of hydrogen-bond donors (Lipinski definition) is 0. The van der Waals surface area contributed by atoms with Gasteiger partial charge in [-0.1, -0.05) is 12.2 Å². The van der Waals surface area contributed by atoms with Crippen molar-refractivity contribution in [2.75, 3.05) is 0 Å². The van der Waals surface area contributed by atoms with Gasteiger partial charge < -0.3 is 0 Å². The molecule has 0 aromatic heterocycles. The van der Waals surface area contributed by atoms with Crippen LogP contribution in [0.25, 0.3) is 0 Å². The van der Waals surface area contributed by atoms with Crippen LogP contribution in [-0.4, -0.2) is 0 Å². The van der Waals surface area contributed by atoms with Gasteiger partial charge in [0.15, 0.2) is 0 Å². The second-order valence-corrected chi connectivity index (χ2v) is 7.90. The van der Waals surface area contributed by atoms with Gasteiger partial charge in [0.1, 0.15) is 11.6 Å². The van der Waals surface area contributed by atoms with Gasteiger partial charge in [0, 0.05) is 6.07 Å². The molecule has 0 heterocycles. The maximum atomic E-state index is 13.4. The van der Waals surface area contributed by atoms with E-state index in [4.69, 9.17) is 0 Å². The summed E-state index contributed by atoms with van der Waals surface area (Å²) in [6.07, 6.45) is 15.9. The number of hydrogen-bond acceptors (Lipinski definition) is 0. The van der Waals surface area contributed by atoms with Crippen molar-refractivity contribution in [2.45, 2.75) is 70.6 Å². The molecule has 1 aromatic carbocycles. The van der Waals surface area contributed by atoms with Crippen molar-refractivity contribution in [3.05, 3.63) is 47.5 Å². The zero-order valence-corrected chi connectivity index (χ0v) is 14.8. The smallest absolute Gasteiger partial charge is 0.126 e. The average molecular weight is 332 g/mol. The molecule has 2 aliphatic rings. The predicted molar refractivity (Wildman–Crippen MR) is 95.9 cm³/mol. The van der Waals surface area contributed by atoms with Crippen LogP contribution in [0.3, 0.4) is 0 Å². The zero-order chi connectivity index (χ0) is 16.9. The molecule has 2 saturated carbocycles. The molecular formula is C22H30F2. The van der Waals surface area contributed by atoms with Crippen LogP contribution in [0.2, 0.25) is 0 Å². The first-order valence-electron chi connectivity index (χ1n) is 9.73. The Morgan fingerprint density at radius 2 is 1.38 bits per heavy atom. The Morgan fingerprint density at radius 1 is 0.833 bits per heavy atom. The van der Waals surface area contributed by atoms with E-state index in [2.05, 4.69) is 19.1 Å². The van der Waals surface area contributed by atoms with Crippen molar-refractivity contribution >= 4 is 0 Å². The molecule has 0 bridgehead atoms. The van der Waals surface area contributed by atoms with Gasteiger partial charge in [-0.3, -0.25) is 0 Å². The van der Waals surface area contributed by atoms with Crippen molar-refractivity contribution < 1.29 is 8.78 Å². The summed E-state index contributed by atoms with van der Waals surface area (Å²) in [5.41, 5.74) is 0.862. The second kappa shape index (κ2) is 8.27. The van der Waals surface area contributed by atoms with Crippen molar-refractivity contribution in [1.82, 2.24) is 0 Å². The summed E-state index contributed by atoms with van der Waals surface area (Å²) in [4.78, 5) is 0. The highest BCUT2D eigenvalue weighted by Crippen LogP contribution is 2.44. The Balaban J connectivity index is 1.49. The molecular weight excluding hydrogens is 302 g/mol. The van der Waals surface area contributed by atoms with Crippen LogP contribution in [0.5, 0.6) is 0 Å². The van der Waals surface area contributed by atoms with Gasteiger partial charge in [-0.2, -0.15) is 0 Å². The topological polar surface area (TPSA) is 0 Å². The van der Waals surface area contributed by atoms with Crippen molar-refractivity contribution in [3.63, 3.8) is 0 Å². The molecule has 2 aliphatic carbocycles. The van der Waals surface area contributed by atoms with Gasteiger partial charge in [-0.25, -0.2) is 8.78 Å². The molecule has 0 saturated heterocycles. The molecule has 0 amide bonds. The fourth-order valence-electron chi connectivity index (χ4n) is 4.96. The third-order valence-electron chi connectivity index (χ3n) is 6.39. The van der Waals surface area contributed by atoms with Gasteiger partial charge >= 0.3 is 0 Å². The summed E-state index contributed by atoms with van der Waals surface area (Å²) in [5, 5.41) is 0. The van der Waals surface area contributed by atoms with Gasteiger partial charge in [0.25, 0.3) is 0 Å². The molecule has 0 aliphatic heterocycles. The number of benzene rings is 1. The Labute approximate surface area is 145 Å². The molecule has 0 atom stereocenters. The Morgan fingerprint density at radius 3 is 1.92 bits per heavy atom. The fraction of sp³-hybridized carbons (Fsp3) is 0.636. The lowest BCUT2D eigenvalue weighted by atomic mass is 9.68. The predicted octanol–water partition coefficient (Wildman–Crippen LogP) is 7.01. The number of rotatable bonds is 4. The normalized spacial score (nSPS) is 31.5. The minimum Gasteiger partial charge on any atom is -0.207 e. The lowest BCUT2D eigenvalue weighted by Gasteiger charge is -2.38. The highest BCUT2D eigenvalue weighted by molar-refractivity contribution is 5.22. The molecule has 2 heteroatoms. The molecule has 1 aromatic rings. The number of halogens is 2. The van der Waals surface area contributed by atoms with E-state index in [0.717, 1.165) is 42.2 Å². The summed E-state index contributed by atoms with van der Waals surface area (Å²) in [6, 6.07) is 4.03. The molecule has 0 nitrogen and oxygen atoms in total. The monoisotopic (exact) mass is 332 g/mol. The highest BCUT2D eigenvalue weighted by Gasteiger charge is 2.31. The summed E-state index contributed by atoms with van der Waals surface area (Å²) in [7, 11) is 0. The first kappa shape index (κ1) is 17.6. The SMILES string of the molecule is C/C=C/CC1CCC(C2CCC(c3cc(F)cc(F)c3)CC2)CC1. The summed E-state index contributed by atoms with van der Waals surface area (Å²) in [5.74, 6) is 2.08. The molecule has 2 fully saturated rings. The van der Waals surface area contributed by atoms with Crippen molar-refractivity contribution in [1.29, 1.82) is 0 Å². The Bertz CT molecular complexity index is 527. The van der Waals surface area contributed by atoms with E-state index >= 15 is 0 Å². The van der Waals surface area contributed by atoms with Crippen LogP contribution < -0.4 is 0 Å². The third-order valence-corrected chi connectivity index (χ3v) is 6.39. The van der Waals surface area contributed by atoms with E-state index in [1.54, 1.807) is 0 Å². The molecule has 0 unspecified atom stereocenters. The van der Waals surface area contributed by atoms with E-state index in [-0.39, 0.29) is 0 Å². The van der Waals surface area contributed by atoms with E-state index in [1.165, 1.54) is 57.1 Å². The van der Waals surface area contributed by atoms with Gasteiger partial charge in [0.05, 0.1) is 0 Å². The first-order valence-corrected chi connectivity index (χ1v) is 9.73. The Hall–Kier alpha value is -1.18. The van der Waals surface area contributed by atoms with Crippen LogP contribution >= 0.6 is 0 Å². The van der Waals surface area contributed by atoms with Gasteiger partial charge in [-0.15, -0.1) is 0 Å². The van der Waals surface area contributed by atoms with E-state index in [9.17, 15) is 8.78 Å². The standard InChI is InChI=1S/C22H30F2/c1-2-3-4-16-5-7-17(8-6-16)18-9-11-19(12-10-18)20-13-21(23)15-22(24)14-20/h2-3,13-19H,4-12H2,1H3/b3-2+. The lowest BCUT2D eigenvalue weighted by molar-refractivity contribution is 0.160. The zero-order valence-electron chi connectivity index (χ0n) is 14.8. The van der Waals surface area contributed by atoms with E-state index < -0.39 is 11.6 Å². The average Bonchev–Trinajstić information content (AvgIpc) is 2.60. The third kappa shape index (κ3) is 4.46. The minimum absolute atomic E-state index is 0.345. The van der Waals surface area contributed by atoms with Crippen LogP contribution in [0, 0.1) is 29.4 Å². The van der Waals surface area contributed by atoms with Gasteiger partial charge in [-0.05, 0) is 106 Å². The second-order valence-electron chi connectivity index (χ2n) is 7.90. The van der Waals surface area contributed by atoms with Crippen LogP contribution in [0.1, 0.15) is 76.2 Å². The maximum Gasteiger partial charge on any atom is 0.126 e. The van der Waals surface area contributed by atoms with Gasteiger partial charge in [0.2, 0.25) is 0 Å². The quantitative estimate of drug-likeness (QED) is 0.520. The van der Waals surface area contributed by atoms with Crippen molar-refractivity contribution in [2.24, 2.45) is 17.8 Å². The maximum absolute atomic E-state index is 13.4. The Kier molecular flexibility index (Phi) is 6.08. The van der Waals surface area contributed by atoms with Crippen molar-refractivity contribution in [3.8, 4) is 0 Å². The summed E-state index contributed by atoms with van der Waals surface area (Å²) >= 11 is 0. The lowest BCUT2D eigenvalue weighted by Crippen LogP contribution is -2.25. The molecule has 0 N–H and O–H groups in total. The highest BCUT2D eigenvalue weighted by atomic mass is 19.1. The molecule has 0 spiro atoms. The molecule has 3 rings (SSSR count). The summed E-state index contributed by atoms with van der Waals surface area (Å²) in [6.45, 7) is 2.11. The van der Waals surface area contributed by atoms with Crippen LogP contribution in [0.4, 0.5) is 8.78 Å². The number of allylic oxidation sites excluding steroid dienone is 2. The van der Waals surface area contributed by atoms with E-state index in [0.29, 0.717) is 5.92 Å². The minimum atomic E-state index is -0.438. The molecule has 0 radical (unpaired) electrons.